The zero-order chi connectivity index (χ0) is 33.2. The first-order valence-electron chi connectivity index (χ1n) is 18.7. The Morgan fingerprint density at radius 1 is 0.531 bits per heavy atom. The van der Waals surface area contributed by atoms with E-state index in [2.05, 4.69) is 48.6 Å². The van der Waals surface area contributed by atoms with E-state index >= 15 is 0 Å². The van der Waals surface area contributed by atoms with Crippen molar-refractivity contribution in [2.45, 2.75) is 31.1 Å². The molecule has 0 N–H and O–H groups in total. The van der Waals surface area contributed by atoms with Crippen LogP contribution in [-0.2, 0) is 18.9 Å². The van der Waals surface area contributed by atoms with E-state index in [1.165, 1.54) is 45.5 Å². The second-order valence-electron chi connectivity index (χ2n) is 17.4. The van der Waals surface area contributed by atoms with Gasteiger partial charge >= 0.3 is 0 Å². The van der Waals surface area contributed by atoms with Crippen LogP contribution in [0.2, 0.25) is 0 Å². The van der Waals surface area contributed by atoms with Crippen molar-refractivity contribution in [3.63, 3.8) is 0 Å². The Morgan fingerprint density at radius 3 is 1.37 bits per heavy atom. The van der Waals surface area contributed by atoms with Gasteiger partial charge in [0.25, 0.3) is 0 Å². The molecule has 8 aliphatic carbocycles. The highest BCUT2D eigenvalue weighted by molar-refractivity contribution is 6.05. The van der Waals surface area contributed by atoms with Gasteiger partial charge in [-0.3, -0.25) is 0 Å². The molecule has 0 aromatic heterocycles. The molecule has 6 bridgehead atoms. The molecule has 0 heterocycles. The Bertz CT molecular complexity index is 1820. The third-order valence-electron chi connectivity index (χ3n) is 17.2. The van der Waals surface area contributed by atoms with Crippen LogP contribution in [0.4, 0.5) is 0 Å². The van der Waals surface area contributed by atoms with E-state index in [0.717, 1.165) is 44.3 Å². The summed E-state index contributed by atoms with van der Waals surface area (Å²) in [6.07, 6.45) is 8.83. The summed E-state index contributed by atoms with van der Waals surface area (Å²) in [5.41, 5.74) is 3.25. The van der Waals surface area contributed by atoms with Crippen LogP contribution >= 0.6 is 0 Å². The highest BCUT2D eigenvalue weighted by Crippen LogP contribution is 2.98. The van der Waals surface area contributed by atoms with Gasteiger partial charge in [-0.05, 0) is 101 Å². The summed E-state index contributed by atoms with van der Waals surface area (Å²) in [7, 11) is 11.5. The molecular formula is C43H50O6. The lowest BCUT2D eigenvalue weighted by Gasteiger charge is -2.82. The summed E-state index contributed by atoms with van der Waals surface area (Å²) in [4.78, 5) is 0. The quantitative estimate of drug-likeness (QED) is 0.0972. The normalized spacial score (nSPS) is 46.4. The Hall–Kier alpha value is -2.64. The molecule has 0 saturated heterocycles. The fraction of sp³-hybridized carbons (Fsp3) is 0.628. The van der Waals surface area contributed by atoms with Gasteiger partial charge in [0.2, 0.25) is 0 Å². The summed E-state index contributed by atoms with van der Waals surface area (Å²) < 4.78 is 38.5. The van der Waals surface area contributed by atoms with Crippen LogP contribution in [0.15, 0.2) is 48.6 Å². The third kappa shape index (κ3) is 2.77. The monoisotopic (exact) mass is 662 g/mol. The molecule has 0 aliphatic heterocycles. The highest BCUT2D eigenvalue weighted by atomic mass is 16.5. The van der Waals surface area contributed by atoms with E-state index in [1.54, 1.807) is 0 Å². The molecule has 3 aromatic carbocycles. The van der Waals surface area contributed by atoms with E-state index in [1.807, 2.05) is 42.7 Å². The van der Waals surface area contributed by atoms with Crippen LogP contribution in [0.1, 0.15) is 42.2 Å². The summed E-state index contributed by atoms with van der Waals surface area (Å²) in [5.74, 6) is 7.65. The minimum atomic E-state index is 0.0630. The molecule has 11 rings (SSSR count). The Kier molecular flexibility index (Phi) is 5.89. The maximum absolute atomic E-state index is 6.50. The predicted octanol–water partition coefficient (Wildman–Crippen LogP) is 7.47. The maximum Gasteiger partial charge on any atom is 0.130 e. The average Bonchev–Trinajstić information content (AvgIpc) is 3.94. The minimum Gasteiger partial charge on any atom is -0.496 e. The molecule has 8 aliphatic rings. The molecule has 0 radical (unpaired) electrons. The minimum absolute atomic E-state index is 0.0630. The number of rotatable bonds is 10. The number of methoxy groups -OCH3 is 6. The molecule has 6 fully saturated rings. The molecule has 6 nitrogen and oxygen atoms in total. The third-order valence-corrected chi connectivity index (χ3v) is 17.2. The summed E-state index contributed by atoms with van der Waals surface area (Å²) in [6, 6.07) is 13.3. The number of hydrogen-bond acceptors (Lipinski definition) is 6. The molecule has 6 heteroatoms. The fourth-order valence-electron chi connectivity index (χ4n) is 17.0. The number of allylic oxidation sites excluding steroid dienone is 2. The molecule has 0 spiro atoms. The summed E-state index contributed by atoms with van der Waals surface area (Å²) in [5, 5.41) is 4.82. The lowest BCUT2D eigenvalue weighted by atomic mass is 9.22. The predicted molar refractivity (Wildman–Crippen MR) is 188 cm³/mol. The van der Waals surface area contributed by atoms with Crippen molar-refractivity contribution < 1.29 is 28.4 Å². The second-order valence-corrected chi connectivity index (χ2v) is 17.4. The van der Waals surface area contributed by atoms with Gasteiger partial charge in [0.1, 0.15) is 11.5 Å². The highest BCUT2D eigenvalue weighted by Gasteiger charge is 2.96. The molecule has 6 saturated carbocycles. The van der Waals surface area contributed by atoms with Crippen molar-refractivity contribution in [3.8, 4) is 11.5 Å². The molecule has 258 valence electrons. The van der Waals surface area contributed by atoms with Crippen molar-refractivity contribution in [2.75, 3.05) is 69.1 Å². The molecule has 0 amide bonds. The van der Waals surface area contributed by atoms with Crippen molar-refractivity contribution in [2.24, 2.45) is 69.0 Å². The standard InChI is InChI=1S/C43H50O6/c1-44-18-40-24-11-12-25(15-24)41(40,19-45-2)37-31-17-30(36(37)40)42(20-46-3)34-28-16-29(35(34)43(31,42)21-47-4)33-32(28)38(48-5)26-13-22-9-7-8-10-23(22)14-27(26)39(33)49-6/h7-14,24-25,28-31,34-37H,15-21H2,1-6H3/t24-,25+,28-,29+,30+,31-,34-,35+,36-,37+,40+,41-,42+,43-. The number of benzene rings is 3. The Balaban J connectivity index is 1.14. The van der Waals surface area contributed by atoms with Crippen molar-refractivity contribution >= 4 is 21.5 Å². The number of fused-ring (bicyclic) bond motifs is 27. The molecule has 14 atom stereocenters. The first-order valence-corrected chi connectivity index (χ1v) is 18.7. The lowest BCUT2D eigenvalue weighted by molar-refractivity contribution is -0.374. The number of hydrogen-bond donors (Lipinski definition) is 0. The van der Waals surface area contributed by atoms with E-state index in [-0.39, 0.29) is 21.7 Å². The van der Waals surface area contributed by atoms with Gasteiger partial charge in [-0.2, -0.15) is 0 Å². The van der Waals surface area contributed by atoms with Crippen LogP contribution in [-0.4, -0.2) is 69.1 Å². The zero-order valence-electron chi connectivity index (χ0n) is 29.8. The smallest absolute Gasteiger partial charge is 0.130 e. The van der Waals surface area contributed by atoms with Gasteiger partial charge < -0.3 is 28.4 Å². The van der Waals surface area contributed by atoms with Crippen LogP contribution in [0, 0.1) is 69.0 Å². The van der Waals surface area contributed by atoms with Gasteiger partial charge in [-0.15, -0.1) is 0 Å². The second kappa shape index (κ2) is 9.61. The summed E-state index contributed by atoms with van der Waals surface area (Å²) in [6.45, 7) is 3.28. The molecule has 3 aromatic rings. The largest absolute Gasteiger partial charge is 0.496 e. The van der Waals surface area contributed by atoms with Gasteiger partial charge in [0, 0.05) is 72.0 Å². The van der Waals surface area contributed by atoms with E-state index in [9.17, 15) is 0 Å². The van der Waals surface area contributed by atoms with Crippen molar-refractivity contribution in [1.29, 1.82) is 0 Å². The van der Waals surface area contributed by atoms with E-state index in [4.69, 9.17) is 28.4 Å². The first kappa shape index (κ1) is 30.0. The molecule has 49 heavy (non-hydrogen) atoms. The topological polar surface area (TPSA) is 55.4 Å². The SMILES string of the molecule is COC[C@@]12[C@@H]3[C@@H]([C@@H]4C[C@H]3c3c4c(OC)c4cc5ccccc5cc4c3OC)[C@]1(COC)[C@H]1C[C@@H]2[C@H]2[C@@H]1[C@]1(COC)[C@@H]3C=C[C@@H](C3)[C@]21COC. The Morgan fingerprint density at radius 2 is 0.959 bits per heavy atom. The van der Waals surface area contributed by atoms with Crippen LogP contribution < -0.4 is 9.47 Å². The van der Waals surface area contributed by atoms with Gasteiger partial charge in [-0.25, -0.2) is 0 Å². The van der Waals surface area contributed by atoms with E-state index < -0.39 is 0 Å². The van der Waals surface area contributed by atoms with Gasteiger partial charge in [0.05, 0.1) is 40.6 Å². The number of ether oxygens (including phenoxy) is 6. The fourth-order valence-corrected chi connectivity index (χ4v) is 17.0. The maximum atomic E-state index is 6.50. The van der Waals surface area contributed by atoms with Crippen LogP contribution in [0.5, 0.6) is 11.5 Å². The van der Waals surface area contributed by atoms with Gasteiger partial charge in [-0.1, -0.05) is 36.4 Å². The molecule has 0 unspecified atom stereocenters. The lowest BCUT2D eigenvalue weighted by Crippen LogP contribution is -2.82. The van der Waals surface area contributed by atoms with Crippen LogP contribution in [0.3, 0.4) is 0 Å². The zero-order valence-corrected chi connectivity index (χ0v) is 29.8. The van der Waals surface area contributed by atoms with Crippen molar-refractivity contribution in [1.82, 2.24) is 0 Å². The molecular weight excluding hydrogens is 612 g/mol. The summed E-state index contributed by atoms with van der Waals surface area (Å²) >= 11 is 0. The van der Waals surface area contributed by atoms with E-state index in [0.29, 0.717) is 59.2 Å². The van der Waals surface area contributed by atoms with Gasteiger partial charge in [0.15, 0.2) is 0 Å². The Labute approximate surface area is 289 Å². The average molecular weight is 663 g/mol. The van der Waals surface area contributed by atoms with Crippen molar-refractivity contribution in [3.05, 3.63) is 59.7 Å². The first-order chi connectivity index (χ1) is 24.0. The van der Waals surface area contributed by atoms with Crippen LogP contribution in [0.25, 0.3) is 21.5 Å².